The maximum atomic E-state index is 12.6. The fraction of sp³-hybridized carbons (Fsp3) is 0.381. The Morgan fingerprint density at radius 2 is 1.52 bits per heavy atom. The monoisotopic (exact) mass is 373 g/mol. The smallest absolute Gasteiger partial charge is 0.255 e. The molecule has 27 heavy (non-hydrogen) atoms. The van der Waals surface area contributed by atoms with Crippen molar-refractivity contribution in [1.82, 2.24) is 5.32 Å². The zero-order valence-electron chi connectivity index (χ0n) is 16.5. The first-order valence-electron chi connectivity index (χ1n) is 8.82. The first-order valence-corrected chi connectivity index (χ1v) is 8.82. The minimum Gasteiger partial charge on any atom is -0.496 e. The van der Waals surface area contributed by atoms with Crippen LogP contribution < -0.4 is 24.3 Å². The number of hydrogen-bond acceptors (Lipinski definition) is 5. The molecule has 146 valence electrons. The van der Waals surface area contributed by atoms with Gasteiger partial charge in [-0.15, -0.1) is 0 Å². The molecular weight excluding hydrogens is 346 g/mol. The van der Waals surface area contributed by atoms with Crippen LogP contribution in [-0.2, 0) is 6.42 Å². The third-order valence-corrected chi connectivity index (χ3v) is 3.94. The summed E-state index contributed by atoms with van der Waals surface area (Å²) in [5, 5.41) is 2.91. The summed E-state index contributed by atoms with van der Waals surface area (Å²) in [6.45, 7) is 4.48. The second-order valence-corrected chi connectivity index (χ2v) is 6.22. The maximum absolute atomic E-state index is 12.6. The average molecular weight is 373 g/mol. The Hall–Kier alpha value is -2.89. The molecule has 1 amide bonds. The topological polar surface area (TPSA) is 66.0 Å². The van der Waals surface area contributed by atoms with Crippen molar-refractivity contribution in [3.05, 3.63) is 47.5 Å². The van der Waals surface area contributed by atoms with Crippen LogP contribution in [0.25, 0.3) is 0 Å². The van der Waals surface area contributed by atoms with E-state index in [2.05, 4.69) is 5.32 Å². The molecule has 0 aromatic heterocycles. The fourth-order valence-electron chi connectivity index (χ4n) is 2.63. The first kappa shape index (κ1) is 20.4. The van der Waals surface area contributed by atoms with Crippen LogP contribution in [0.3, 0.4) is 0 Å². The van der Waals surface area contributed by atoms with Gasteiger partial charge in [-0.05, 0) is 38.0 Å². The molecule has 0 aliphatic heterocycles. The van der Waals surface area contributed by atoms with Crippen LogP contribution in [0, 0.1) is 0 Å². The zero-order valence-corrected chi connectivity index (χ0v) is 16.5. The summed E-state index contributed by atoms with van der Waals surface area (Å²) in [6, 6.07) is 11.1. The summed E-state index contributed by atoms with van der Waals surface area (Å²) >= 11 is 0. The summed E-state index contributed by atoms with van der Waals surface area (Å²) in [5.41, 5.74) is 1.52. The van der Waals surface area contributed by atoms with E-state index in [1.165, 1.54) is 21.3 Å². The van der Waals surface area contributed by atoms with Gasteiger partial charge in [-0.3, -0.25) is 4.79 Å². The van der Waals surface area contributed by atoms with Crippen molar-refractivity contribution < 1.29 is 23.7 Å². The van der Waals surface area contributed by atoms with E-state index in [4.69, 9.17) is 18.9 Å². The van der Waals surface area contributed by atoms with E-state index >= 15 is 0 Å². The molecule has 0 radical (unpaired) electrons. The maximum Gasteiger partial charge on any atom is 0.255 e. The lowest BCUT2D eigenvalue weighted by atomic mass is 10.1. The van der Waals surface area contributed by atoms with E-state index in [1.807, 2.05) is 38.1 Å². The van der Waals surface area contributed by atoms with Crippen molar-refractivity contribution in [1.29, 1.82) is 0 Å². The van der Waals surface area contributed by atoms with Crippen LogP contribution in [-0.4, -0.2) is 39.9 Å². The minimum absolute atomic E-state index is 0.145. The first-order chi connectivity index (χ1) is 13.0. The Morgan fingerprint density at radius 3 is 2.07 bits per heavy atom. The molecule has 1 N–H and O–H groups in total. The lowest BCUT2D eigenvalue weighted by Gasteiger charge is -2.14. The Morgan fingerprint density at radius 1 is 0.926 bits per heavy atom. The van der Waals surface area contributed by atoms with Crippen LogP contribution in [0.15, 0.2) is 36.4 Å². The molecule has 0 atom stereocenters. The van der Waals surface area contributed by atoms with Crippen molar-refractivity contribution in [2.24, 2.45) is 0 Å². The molecular formula is C21H27NO5. The quantitative estimate of drug-likeness (QED) is 0.729. The van der Waals surface area contributed by atoms with E-state index in [0.29, 0.717) is 35.8 Å². The number of ether oxygens (including phenoxy) is 4. The highest BCUT2D eigenvalue weighted by Crippen LogP contribution is 2.34. The van der Waals surface area contributed by atoms with E-state index < -0.39 is 0 Å². The van der Waals surface area contributed by atoms with Gasteiger partial charge < -0.3 is 24.3 Å². The number of carbonyl (C=O) groups excluding carboxylic acids is 1. The molecule has 0 heterocycles. The molecule has 0 saturated carbocycles. The number of nitrogens with one attached hydrogen (secondary N) is 1. The van der Waals surface area contributed by atoms with Gasteiger partial charge in [-0.25, -0.2) is 0 Å². The normalized spacial score (nSPS) is 10.4. The molecule has 0 aliphatic carbocycles. The van der Waals surface area contributed by atoms with Crippen molar-refractivity contribution >= 4 is 5.91 Å². The minimum atomic E-state index is -0.229. The van der Waals surface area contributed by atoms with E-state index in [1.54, 1.807) is 12.1 Å². The third-order valence-electron chi connectivity index (χ3n) is 3.94. The van der Waals surface area contributed by atoms with E-state index in [0.717, 1.165) is 11.3 Å². The van der Waals surface area contributed by atoms with Crippen molar-refractivity contribution in [2.75, 3.05) is 27.9 Å². The Labute approximate surface area is 160 Å². The molecule has 0 aliphatic rings. The van der Waals surface area contributed by atoms with Gasteiger partial charge in [0.05, 0.1) is 33.0 Å². The van der Waals surface area contributed by atoms with Crippen molar-refractivity contribution in [2.45, 2.75) is 26.4 Å². The summed E-state index contributed by atoms with van der Waals surface area (Å²) in [5.74, 6) is 2.03. The van der Waals surface area contributed by atoms with Crippen LogP contribution in [0.5, 0.6) is 23.0 Å². The molecule has 0 unspecified atom stereocenters. The van der Waals surface area contributed by atoms with E-state index in [-0.39, 0.29) is 12.0 Å². The molecule has 2 rings (SSSR count). The highest BCUT2D eigenvalue weighted by molar-refractivity contribution is 5.97. The van der Waals surface area contributed by atoms with Gasteiger partial charge in [0, 0.05) is 18.7 Å². The van der Waals surface area contributed by atoms with Gasteiger partial charge in [0.2, 0.25) is 0 Å². The molecule has 0 saturated heterocycles. The van der Waals surface area contributed by atoms with Crippen LogP contribution in [0.1, 0.15) is 29.8 Å². The third kappa shape index (κ3) is 5.54. The highest BCUT2D eigenvalue weighted by atomic mass is 16.5. The van der Waals surface area contributed by atoms with Gasteiger partial charge in [0.15, 0.2) is 11.5 Å². The average Bonchev–Trinajstić information content (AvgIpc) is 2.67. The number of rotatable bonds is 9. The number of methoxy groups -OCH3 is 3. The molecule has 2 aromatic rings. The molecule has 0 fully saturated rings. The second-order valence-electron chi connectivity index (χ2n) is 6.22. The van der Waals surface area contributed by atoms with Crippen LogP contribution in [0.2, 0.25) is 0 Å². The van der Waals surface area contributed by atoms with Gasteiger partial charge in [-0.1, -0.05) is 12.1 Å². The Kier molecular flexibility index (Phi) is 7.34. The molecule has 6 nitrogen and oxygen atoms in total. The van der Waals surface area contributed by atoms with Crippen molar-refractivity contribution in [3.63, 3.8) is 0 Å². The van der Waals surface area contributed by atoms with Crippen LogP contribution >= 0.6 is 0 Å². The molecule has 6 heteroatoms. The lowest BCUT2D eigenvalue weighted by Crippen LogP contribution is -2.26. The SMILES string of the molecule is COc1cc(OC)c(C(=O)NCCc2ccc(OC(C)C)cc2)cc1OC. The summed E-state index contributed by atoms with van der Waals surface area (Å²) in [6.07, 6.45) is 0.857. The summed E-state index contributed by atoms with van der Waals surface area (Å²) < 4.78 is 21.4. The number of hydrogen-bond donors (Lipinski definition) is 1. The predicted octanol–water partition coefficient (Wildman–Crippen LogP) is 3.47. The number of benzene rings is 2. The molecule has 2 aromatic carbocycles. The van der Waals surface area contributed by atoms with Gasteiger partial charge in [0.25, 0.3) is 5.91 Å². The number of carbonyl (C=O) groups is 1. The van der Waals surface area contributed by atoms with Gasteiger partial charge >= 0.3 is 0 Å². The standard InChI is InChI=1S/C21H27NO5/c1-14(2)27-16-8-6-15(7-9-16)10-11-22-21(23)17-12-19(25-4)20(26-5)13-18(17)24-3/h6-9,12-14H,10-11H2,1-5H3,(H,22,23). The Bertz CT molecular complexity index is 756. The van der Waals surface area contributed by atoms with Gasteiger partial charge in [-0.2, -0.15) is 0 Å². The summed E-state index contributed by atoms with van der Waals surface area (Å²) in [7, 11) is 4.58. The number of amides is 1. The Balaban J connectivity index is 1.99. The lowest BCUT2D eigenvalue weighted by molar-refractivity contribution is 0.0950. The van der Waals surface area contributed by atoms with Crippen LogP contribution in [0.4, 0.5) is 0 Å². The molecule has 0 spiro atoms. The fourth-order valence-corrected chi connectivity index (χ4v) is 2.63. The highest BCUT2D eigenvalue weighted by Gasteiger charge is 2.17. The van der Waals surface area contributed by atoms with Gasteiger partial charge in [0.1, 0.15) is 11.5 Å². The zero-order chi connectivity index (χ0) is 19.8. The molecule has 0 bridgehead atoms. The predicted molar refractivity (Wildman–Crippen MR) is 104 cm³/mol. The van der Waals surface area contributed by atoms with Crippen molar-refractivity contribution in [3.8, 4) is 23.0 Å². The second kappa shape index (κ2) is 9.71. The largest absolute Gasteiger partial charge is 0.496 e. The summed E-state index contributed by atoms with van der Waals surface area (Å²) in [4.78, 5) is 12.6. The van der Waals surface area contributed by atoms with E-state index in [9.17, 15) is 4.79 Å².